The SMILES string of the molecule is Cc1ccc(Cl)cc1NC(=O)CC(N)c1ccccc1. The molecule has 1 unspecified atom stereocenters. The van der Waals surface area contributed by atoms with E-state index in [2.05, 4.69) is 5.32 Å². The number of hydrogen-bond donors (Lipinski definition) is 2. The lowest BCUT2D eigenvalue weighted by molar-refractivity contribution is -0.116. The third-order valence-corrected chi connectivity index (χ3v) is 3.34. The molecule has 2 rings (SSSR count). The molecule has 0 fully saturated rings. The third kappa shape index (κ3) is 3.83. The highest BCUT2D eigenvalue weighted by Gasteiger charge is 2.12. The predicted octanol–water partition coefficient (Wildman–Crippen LogP) is 3.68. The summed E-state index contributed by atoms with van der Waals surface area (Å²) in [5.74, 6) is -0.119. The molecule has 3 nitrogen and oxygen atoms in total. The Balaban J connectivity index is 2.01. The van der Waals surface area contributed by atoms with Gasteiger partial charge in [0, 0.05) is 23.2 Å². The second-order valence-electron chi connectivity index (χ2n) is 4.73. The van der Waals surface area contributed by atoms with Gasteiger partial charge in [0.1, 0.15) is 0 Å². The van der Waals surface area contributed by atoms with Gasteiger partial charge >= 0.3 is 0 Å². The molecule has 4 heteroatoms. The highest BCUT2D eigenvalue weighted by atomic mass is 35.5. The number of halogens is 1. The molecule has 0 aliphatic heterocycles. The standard InChI is InChI=1S/C16H17ClN2O/c1-11-7-8-13(17)9-15(11)19-16(20)10-14(18)12-5-3-2-4-6-12/h2-9,14H,10,18H2,1H3,(H,19,20). The predicted molar refractivity (Wildman–Crippen MR) is 82.8 cm³/mol. The van der Waals surface area contributed by atoms with Gasteiger partial charge in [-0.3, -0.25) is 4.79 Å². The highest BCUT2D eigenvalue weighted by Crippen LogP contribution is 2.21. The maximum Gasteiger partial charge on any atom is 0.226 e. The minimum atomic E-state index is -0.310. The van der Waals surface area contributed by atoms with Crippen molar-refractivity contribution in [1.82, 2.24) is 0 Å². The number of anilines is 1. The second kappa shape index (κ2) is 6.55. The van der Waals surface area contributed by atoms with E-state index in [1.807, 2.05) is 43.3 Å². The van der Waals surface area contributed by atoms with Crippen LogP contribution in [0.2, 0.25) is 5.02 Å². The van der Waals surface area contributed by atoms with Crippen LogP contribution >= 0.6 is 11.6 Å². The van der Waals surface area contributed by atoms with Crippen molar-refractivity contribution in [3.8, 4) is 0 Å². The molecule has 20 heavy (non-hydrogen) atoms. The van der Waals surface area contributed by atoms with Gasteiger partial charge in [0.2, 0.25) is 5.91 Å². The van der Waals surface area contributed by atoms with Crippen LogP contribution < -0.4 is 11.1 Å². The Bertz CT molecular complexity index is 599. The number of rotatable bonds is 4. The summed E-state index contributed by atoms with van der Waals surface area (Å²) in [6.07, 6.45) is 0.232. The molecule has 0 aliphatic rings. The Morgan fingerprint density at radius 3 is 2.65 bits per heavy atom. The van der Waals surface area contributed by atoms with Crippen LogP contribution in [0.5, 0.6) is 0 Å². The first-order chi connectivity index (χ1) is 9.56. The van der Waals surface area contributed by atoms with E-state index in [9.17, 15) is 4.79 Å². The summed E-state index contributed by atoms with van der Waals surface area (Å²) in [4.78, 5) is 12.0. The summed E-state index contributed by atoms with van der Waals surface area (Å²) in [6, 6.07) is 14.7. The normalized spacial score (nSPS) is 11.9. The molecule has 2 aromatic rings. The molecule has 1 atom stereocenters. The third-order valence-electron chi connectivity index (χ3n) is 3.11. The first kappa shape index (κ1) is 14.6. The van der Waals surface area contributed by atoms with E-state index >= 15 is 0 Å². The number of carbonyl (C=O) groups is 1. The van der Waals surface area contributed by atoms with Crippen LogP contribution in [0.1, 0.15) is 23.6 Å². The lowest BCUT2D eigenvalue weighted by Gasteiger charge is -2.13. The summed E-state index contributed by atoms with van der Waals surface area (Å²) in [6.45, 7) is 1.92. The van der Waals surface area contributed by atoms with Crippen molar-refractivity contribution in [2.24, 2.45) is 5.73 Å². The zero-order chi connectivity index (χ0) is 14.5. The van der Waals surface area contributed by atoms with Gasteiger partial charge in [-0.25, -0.2) is 0 Å². The lowest BCUT2D eigenvalue weighted by atomic mass is 10.0. The fourth-order valence-electron chi connectivity index (χ4n) is 1.95. The van der Waals surface area contributed by atoms with E-state index in [0.717, 1.165) is 16.8 Å². The monoisotopic (exact) mass is 288 g/mol. The molecular weight excluding hydrogens is 272 g/mol. The maximum atomic E-state index is 12.0. The van der Waals surface area contributed by atoms with Gasteiger partial charge in [-0.05, 0) is 30.2 Å². The van der Waals surface area contributed by atoms with Crippen LogP contribution in [0, 0.1) is 6.92 Å². The molecule has 0 saturated heterocycles. The molecule has 2 aromatic carbocycles. The molecule has 0 spiro atoms. The lowest BCUT2D eigenvalue weighted by Crippen LogP contribution is -2.20. The number of amides is 1. The summed E-state index contributed by atoms with van der Waals surface area (Å²) in [7, 11) is 0. The van der Waals surface area contributed by atoms with Gasteiger partial charge in [0.25, 0.3) is 0 Å². The van der Waals surface area contributed by atoms with E-state index in [0.29, 0.717) is 5.02 Å². The molecule has 0 bridgehead atoms. The Hall–Kier alpha value is -1.84. The minimum absolute atomic E-state index is 0.119. The first-order valence-electron chi connectivity index (χ1n) is 6.43. The van der Waals surface area contributed by atoms with Crippen LogP contribution in [0.3, 0.4) is 0 Å². The van der Waals surface area contributed by atoms with Crippen LogP contribution in [0.25, 0.3) is 0 Å². The fraction of sp³-hybridized carbons (Fsp3) is 0.188. The number of carbonyl (C=O) groups excluding carboxylic acids is 1. The zero-order valence-electron chi connectivity index (χ0n) is 11.3. The average Bonchev–Trinajstić information content (AvgIpc) is 2.43. The number of hydrogen-bond acceptors (Lipinski definition) is 2. The summed E-state index contributed by atoms with van der Waals surface area (Å²) in [5.41, 5.74) is 8.67. The summed E-state index contributed by atoms with van der Waals surface area (Å²) in [5, 5.41) is 3.44. The quantitative estimate of drug-likeness (QED) is 0.902. The Labute approximate surface area is 123 Å². The number of nitrogens with two attached hydrogens (primary N) is 1. The Morgan fingerprint density at radius 1 is 1.25 bits per heavy atom. The van der Waals surface area contributed by atoms with E-state index < -0.39 is 0 Å². The maximum absolute atomic E-state index is 12.0. The zero-order valence-corrected chi connectivity index (χ0v) is 12.0. The van der Waals surface area contributed by atoms with Gasteiger partial charge in [0.05, 0.1) is 0 Å². The summed E-state index contributed by atoms with van der Waals surface area (Å²) < 4.78 is 0. The van der Waals surface area contributed by atoms with Gasteiger partial charge in [-0.2, -0.15) is 0 Å². The van der Waals surface area contributed by atoms with Crippen molar-refractivity contribution in [2.75, 3.05) is 5.32 Å². The highest BCUT2D eigenvalue weighted by molar-refractivity contribution is 6.31. The number of nitrogens with one attached hydrogen (secondary N) is 1. The van der Waals surface area contributed by atoms with Crippen molar-refractivity contribution in [2.45, 2.75) is 19.4 Å². The fourth-order valence-corrected chi connectivity index (χ4v) is 2.12. The molecule has 3 N–H and O–H groups in total. The first-order valence-corrected chi connectivity index (χ1v) is 6.80. The van der Waals surface area contributed by atoms with Gasteiger partial charge in [0.15, 0.2) is 0 Å². The molecule has 0 aromatic heterocycles. The molecule has 1 amide bonds. The molecular formula is C16H17ClN2O. The van der Waals surface area contributed by atoms with E-state index in [1.165, 1.54) is 0 Å². The van der Waals surface area contributed by atoms with Crippen molar-refractivity contribution in [3.63, 3.8) is 0 Å². The molecule has 104 valence electrons. The largest absolute Gasteiger partial charge is 0.326 e. The summed E-state index contributed by atoms with van der Waals surface area (Å²) >= 11 is 5.93. The smallest absolute Gasteiger partial charge is 0.226 e. The second-order valence-corrected chi connectivity index (χ2v) is 5.17. The van der Waals surface area contributed by atoms with Gasteiger partial charge in [-0.1, -0.05) is 48.0 Å². The number of aryl methyl sites for hydroxylation is 1. The van der Waals surface area contributed by atoms with E-state index in [4.69, 9.17) is 17.3 Å². The van der Waals surface area contributed by atoms with Crippen molar-refractivity contribution in [3.05, 3.63) is 64.7 Å². The van der Waals surface area contributed by atoms with E-state index in [1.54, 1.807) is 12.1 Å². The molecule has 0 aliphatic carbocycles. The average molecular weight is 289 g/mol. The van der Waals surface area contributed by atoms with Crippen molar-refractivity contribution in [1.29, 1.82) is 0 Å². The topological polar surface area (TPSA) is 55.1 Å². The van der Waals surface area contributed by atoms with Crippen LogP contribution in [0.4, 0.5) is 5.69 Å². The minimum Gasteiger partial charge on any atom is -0.326 e. The molecule has 0 heterocycles. The van der Waals surface area contributed by atoms with Crippen LogP contribution in [0.15, 0.2) is 48.5 Å². The van der Waals surface area contributed by atoms with Crippen molar-refractivity contribution >= 4 is 23.2 Å². The van der Waals surface area contributed by atoms with E-state index in [-0.39, 0.29) is 18.4 Å². The molecule has 0 saturated carbocycles. The Kier molecular flexibility index (Phi) is 4.77. The van der Waals surface area contributed by atoms with Gasteiger partial charge in [-0.15, -0.1) is 0 Å². The Morgan fingerprint density at radius 2 is 1.95 bits per heavy atom. The molecule has 0 radical (unpaired) electrons. The van der Waals surface area contributed by atoms with Crippen LogP contribution in [-0.2, 0) is 4.79 Å². The number of benzene rings is 2. The van der Waals surface area contributed by atoms with Crippen molar-refractivity contribution < 1.29 is 4.79 Å². The van der Waals surface area contributed by atoms with Crippen LogP contribution in [-0.4, -0.2) is 5.91 Å². The van der Waals surface area contributed by atoms with Gasteiger partial charge < -0.3 is 11.1 Å².